The molecular weight excluding hydrogens is 346 g/mol. The van der Waals surface area contributed by atoms with Gasteiger partial charge in [0.25, 0.3) is 0 Å². The Kier molecular flexibility index (Phi) is 4.02. The lowest BCUT2D eigenvalue weighted by molar-refractivity contribution is -0.116. The first-order valence-electron chi connectivity index (χ1n) is 6.62. The standard InChI is InChI=1S/C16H12BrN3O2/c17-12-4-5-14-13(7-12)11(10-21)8-20(14)9-16(22)19-15-3-1-2-6-18-15/h1-8,10H,9H2,(H,18,19,22). The summed E-state index contributed by atoms with van der Waals surface area (Å²) in [5.74, 6) is 0.304. The van der Waals surface area contributed by atoms with Gasteiger partial charge in [0.2, 0.25) is 5.91 Å². The second-order valence-electron chi connectivity index (χ2n) is 4.75. The quantitative estimate of drug-likeness (QED) is 0.729. The summed E-state index contributed by atoms with van der Waals surface area (Å²) in [5.41, 5.74) is 1.39. The van der Waals surface area contributed by atoms with Gasteiger partial charge in [0.05, 0.1) is 0 Å². The Morgan fingerprint density at radius 1 is 1.32 bits per heavy atom. The van der Waals surface area contributed by atoms with E-state index in [1.54, 1.807) is 35.2 Å². The van der Waals surface area contributed by atoms with Gasteiger partial charge in [0.15, 0.2) is 6.29 Å². The van der Waals surface area contributed by atoms with Crippen molar-refractivity contribution in [3.8, 4) is 0 Å². The van der Waals surface area contributed by atoms with Crippen LogP contribution >= 0.6 is 15.9 Å². The summed E-state index contributed by atoms with van der Waals surface area (Å²) >= 11 is 3.39. The molecule has 1 N–H and O–H groups in total. The zero-order chi connectivity index (χ0) is 15.5. The normalized spacial score (nSPS) is 10.6. The fourth-order valence-corrected chi connectivity index (χ4v) is 2.66. The van der Waals surface area contributed by atoms with Gasteiger partial charge in [0, 0.05) is 33.3 Å². The number of pyridine rings is 1. The molecule has 3 rings (SSSR count). The molecule has 3 aromatic rings. The molecule has 0 aliphatic carbocycles. The highest BCUT2D eigenvalue weighted by Gasteiger charge is 2.11. The predicted molar refractivity (Wildman–Crippen MR) is 87.9 cm³/mol. The number of carbonyl (C=O) groups excluding carboxylic acids is 2. The third-order valence-electron chi connectivity index (χ3n) is 3.25. The van der Waals surface area contributed by atoms with E-state index in [2.05, 4.69) is 26.2 Å². The van der Waals surface area contributed by atoms with Crippen LogP contribution in [0, 0.1) is 0 Å². The van der Waals surface area contributed by atoms with Crippen molar-refractivity contribution in [1.82, 2.24) is 9.55 Å². The molecule has 5 nitrogen and oxygen atoms in total. The predicted octanol–water partition coefficient (Wildman–Crippen LogP) is 3.25. The summed E-state index contributed by atoms with van der Waals surface area (Å²) in [7, 11) is 0. The largest absolute Gasteiger partial charge is 0.337 e. The van der Waals surface area contributed by atoms with Gasteiger partial charge in [-0.15, -0.1) is 0 Å². The molecule has 110 valence electrons. The Labute approximate surface area is 135 Å². The molecule has 0 atom stereocenters. The third kappa shape index (κ3) is 2.92. The first kappa shape index (κ1) is 14.5. The molecule has 2 aromatic heterocycles. The summed E-state index contributed by atoms with van der Waals surface area (Å²) < 4.78 is 2.64. The molecule has 0 aliphatic rings. The van der Waals surface area contributed by atoms with Gasteiger partial charge < -0.3 is 9.88 Å². The number of aromatic nitrogens is 2. The maximum absolute atomic E-state index is 12.1. The fourth-order valence-electron chi connectivity index (χ4n) is 2.30. The molecule has 0 saturated carbocycles. The average molecular weight is 358 g/mol. The molecule has 0 saturated heterocycles. The van der Waals surface area contributed by atoms with Crippen LogP contribution in [0.25, 0.3) is 10.9 Å². The molecule has 0 bridgehead atoms. The van der Waals surface area contributed by atoms with Crippen molar-refractivity contribution >= 4 is 44.8 Å². The number of fused-ring (bicyclic) bond motifs is 1. The number of carbonyl (C=O) groups is 2. The second-order valence-corrected chi connectivity index (χ2v) is 5.67. The van der Waals surface area contributed by atoms with Crippen molar-refractivity contribution in [3.63, 3.8) is 0 Å². The minimum absolute atomic E-state index is 0.114. The first-order chi connectivity index (χ1) is 10.7. The van der Waals surface area contributed by atoms with Gasteiger partial charge in [-0.05, 0) is 30.3 Å². The van der Waals surface area contributed by atoms with E-state index >= 15 is 0 Å². The van der Waals surface area contributed by atoms with Crippen LogP contribution in [0.3, 0.4) is 0 Å². The summed E-state index contributed by atoms with van der Waals surface area (Å²) in [6, 6.07) is 10.9. The molecule has 6 heteroatoms. The van der Waals surface area contributed by atoms with Crippen molar-refractivity contribution in [2.24, 2.45) is 0 Å². The molecule has 0 fully saturated rings. The first-order valence-corrected chi connectivity index (χ1v) is 7.41. The number of nitrogens with zero attached hydrogens (tertiary/aromatic N) is 2. The lowest BCUT2D eigenvalue weighted by atomic mass is 10.2. The fraction of sp³-hybridized carbons (Fsp3) is 0.0625. The maximum atomic E-state index is 12.1. The number of rotatable bonds is 4. The van der Waals surface area contributed by atoms with Gasteiger partial charge in [-0.25, -0.2) is 4.98 Å². The van der Waals surface area contributed by atoms with E-state index < -0.39 is 0 Å². The third-order valence-corrected chi connectivity index (χ3v) is 3.74. The Morgan fingerprint density at radius 2 is 2.18 bits per heavy atom. The van der Waals surface area contributed by atoms with Crippen LogP contribution in [0.2, 0.25) is 0 Å². The molecular formula is C16H12BrN3O2. The molecule has 1 aromatic carbocycles. The molecule has 0 unspecified atom stereocenters. The highest BCUT2D eigenvalue weighted by molar-refractivity contribution is 9.10. The molecule has 0 aliphatic heterocycles. The lowest BCUT2D eigenvalue weighted by Crippen LogP contribution is -2.18. The number of nitrogens with one attached hydrogen (secondary N) is 1. The number of aldehydes is 1. The summed E-state index contributed by atoms with van der Waals surface area (Å²) in [5, 5.41) is 3.54. The van der Waals surface area contributed by atoms with Gasteiger partial charge in [0.1, 0.15) is 12.4 Å². The molecule has 0 radical (unpaired) electrons. The van der Waals surface area contributed by atoms with Crippen molar-refractivity contribution in [1.29, 1.82) is 0 Å². The number of hydrogen-bond donors (Lipinski definition) is 1. The van der Waals surface area contributed by atoms with Crippen molar-refractivity contribution in [2.75, 3.05) is 5.32 Å². The van der Waals surface area contributed by atoms with Crippen LogP contribution in [0.5, 0.6) is 0 Å². The Bertz CT molecular complexity index is 843. The van der Waals surface area contributed by atoms with Crippen LogP contribution in [0.4, 0.5) is 5.82 Å². The monoisotopic (exact) mass is 357 g/mol. The van der Waals surface area contributed by atoms with Gasteiger partial charge in [-0.1, -0.05) is 22.0 Å². The summed E-state index contributed by atoms with van der Waals surface area (Å²) in [6.45, 7) is 0.114. The minimum Gasteiger partial charge on any atom is -0.337 e. The van der Waals surface area contributed by atoms with E-state index in [0.717, 1.165) is 21.7 Å². The van der Waals surface area contributed by atoms with E-state index in [-0.39, 0.29) is 12.5 Å². The van der Waals surface area contributed by atoms with Crippen LogP contribution in [0.1, 0.15) is 10.4 Å². The smallest absolute Gasteiger partial charge is 0.245 e. The van der Waals surface area contributed by atoms with Crippen molar-refractivity contribution in [2.45, 2.75) is 6.54 Å². The van der Waals surface area contributed by atoms with Gasteiger partial charge in [-0.3, -0.25) is 9.59 Å². The number of anilines is 1. The van der Waals surface area contributed by atoms with Crippen molar-refractivity contribution < 1.29 is 9.59 Å². The highest BCUT2D eigenvalue weighted by atomic mass is 79.9. The van der Waals surface area contributed by atoms with E-state index in [0.29, 0.717) is 11.4 Å². The van der Waals surface area contributed by atoms with Crippen LogP contribution < -0.4 is 5.32 Å². The van der Waals surface area contributed by atoms with Gasteiger partial charge in [-0.2, -0.15) is 0 Å². The summed E-state index contributed by atoms with van der Waals surface area (Å²) in [6.07, 6.45) is 4.09. The van der Waals surface area contributed by atoms with Gasteiger partial charge >= 0.3 is 0 Å². The lowest BCUT2D eigenvalue weighted by Gasteiger charge is -2.06. The highest BCUT2D eigenvalue weighted by Crippen LogP contribution is 2.24. The number of benzene rings is 1. The topological polar surface area (TPSA) is 64.0 Å². The molecule has 2 heterocycles. The zero-order valence-electron chi connectivity index (χ0n) is 11.5. The van der Waals surface area contributed by atoms with Crippen molar-refractivity contribution in [3.05, 3.63) is 58.8 Å². The SMILES string of the molecule is O=Cc1cn(CC(=O)Nc2ccccn2)c2ccc(Br)cc12. The molecule has 0 spiro atoms. The van der Waals surface area contributed by atoms with Crippen LogP contribution in [0.15, 0.2) is 53.3 Å². The van der Waals surface area contributed by atoms with Crippen LogP contribution in [-0.2, 0) is 11.3 Å². The molecule has 1 amide bonds. The van der Waals surface area contributed by atoms with E-state index in [9.17, 15) is 9.59 Å². The van der Waals surface area contributed by atoms with E-state index in [1.165, 1.54) is 0 Å². The van der Waals surface area contributed by atoms with E-state index in [4.69, 9.17) is 0 Å². The zero-order valence-corrected chi connectivity index (χ0v) is 13.1. The molecule has 22 heavy (non-hydrogen) atoms. The number of amides is 1. The Hall–Kier alpha value is -2.47. The minimum atomic E-state index is -0.198. The Morgan fingerprint density at radius 3 is 2.91 bits per heavy atom. The number of hydrogen-bond acceptors (Lipinski definition) is 3. The second kappa shape index (κ2) is 6.11. The van der Waals surface area contributed by atoms with E-state index in [1.807, 2.05) is 18.2 Å². The summed E-state index contributed by atoms with van der Waals surface area (Å²) in [4.78, 5) is 27.4. The number of halogens is 1. The maximum Gasteiger partial charge on any atom is 0.245 e. The Balaban J connectivity index is 1.87. The average Bonchev–Trinajstić information content (AvgIpc) is 2.85. The van der Waals surface area contributed by atoms with Crippen LogP contribution in [-0.4, -0.2) is 21.7 Å².